The Kier molecular flexibility index (Phi) is 16.1. The molecule has 0 atom stereocenters. The number of benzene rings is 2. The second kappa shape index (κ2) is 19.2. The highest BCUT2D eigenvalue weighted by Crippen LogP contribution is 2.27. The Hall–Kier alpha value is -3.38. The average molecular weight is 669 g/mol. The molecule has 0 aliphatic carbocycles. The SMILES string of the molecule is CCC/C=N\C(=NC)N1CCC(CCNC(=O)NC(=S)Nc2cc(Cl)ccc2C(C)C)CC1.Cc1ccc(OC(F)(F)F)cc1. The molecule has 1 aliphatic rings. The number of halogens is 4. The van der Waals surface area contributed by atoms with Crippen LogP contribution in [0.4, 0.5) is 23.7 Å². The number of nitrogens with one attached hydrogen (secondary N) is 3. The van der Waals surface area contributed by atoms with Crippen molar-refractivity contribution in [1.29, 1.82) is 0 Å². The quantitative estimate of drug-likeness (QED) is 0.150. The van der Waals surface area contributed by atoms with E-state index in [0.29, 0.717) is 23.4 Å². The summed E-state index contributed by atoms with van der Waals surface area (Å²) in [6.45, 7) is 10.6. The minimum absolute atomic E-state index is 0.187. The van der Waals surface area contributed by atoms with Crippen LogP contribution in [0.5, 0.6) is 5.75 Å². The highest BCUT2D eigenvalue weighted by Gasteiger charge is 2.30. The van der Waals surface area contributed by atoms with Crippen molar-refractivity contribution < 1.29 is 22.7 Å². The molecular weight excluding hydrogens is 625 g/mol. The third-order valence-electron chi connectivity index (χ3n) is 6.93. The predicted molar refractivity (Wildman–Crippen MR) is 182 cm³/mol. The lowest BCUT2D eigenvalue weighted by Crippen LogP contribution is -2.43. The number of alkyl halides is 3. The maximum Gasteiger partial charge on any atom is 0.573 e. The van der Waals surface area contributed by atoms with Gasteiger partial charge in [0.15, 0.2) is 5.11 Å². The van der Waals surface area contributed by atoms with Gasteiger partial charge in [-0.15, -0.1) is 13.2 Å². The van der Waals surface area contributed by atoms with Gasteiger partial charge in [-0.2, -0.15) is 0 Å². The van der Waals surface area contributed by atoms with E-state index < -0.39 is 6.36 Å². The summed E-state index contributed by atoms with van der Waals surface area (Å²) in [7, 11) is 1.79. The zero-order valence-electron chi connectivity index (χ0n) is 26.5. The first kappa shape index (κ1) is 37.8. The molecule has 0 saturated carbocycles. The van der Waals surface area contributed by atoms with Gasteiger partial charge in [-0.05, 0) is 86.5 Å². The van der Waals surface area contributed by atoms with Crippen LogP contribution in [0.15, 0.2) is 52.4 Å². The van der Waals surface area contributed by atoms with Crippen LogP contribution in [0, 0.1) is 12.8 Å². The van der Waals surface area contributed by atoms with Gasteiger partial charge in [0.25, 0.3) is 0 Å². The summed E-state index contributed by atoms with van der Waals surface area (Å²) in [5.74, 6) is 1.51. The zero-order chi connectivity index (χ0) is 33.4. The first-order valence-corrected chi connectivity index (χ1v) is 15.8. The number of guanidine groups is 1. The van der Waals surface area contributed by atoms with Crippen molar-refractivity contribution in [1.82, 2.24) is 15.5 Å². The molecule has 2 aromatic carbocycles. The lowest BCUT2D eigenvalue weighted by atomic mass is 9.94. The number of rotatable bonds is 8. The van der Waals surface area contributed by atoms with E-state index in [1.807, 2.05) is 24.4 Å². The van der Waals surface area contributed by atoms with E-state index in [0.717, 1.165) is 68.0 Å². The molecule has 8 nitrogen and oxygen atoms in total. The lowest BCUT2D eigenvalue weighted by Gasteiger charge is -2.32. The maximum absolute atomic E-state index is 12.3. The average Bonchev–Trinajstić information content (AvgIpc) is 2.96. The number of unbranched alkanes of at least 4 members (excludes halogenated alkanes) is 1. The molecule has 1 saturated heterocycles. The zero-order valence-corrected chi connectivity index (χ0v) is 28.1. The minimum Gasteiger partial charge on any atom is -0.406 e. The van der Waals surface area contributed by atoms with Gasteiger partial charge in [0.05, 0.1) is 0 Å². The number of thiocarbonyl (C=S) groups is 1. The predicted octanol–water partition coefficient (Wildman–Crippen LogP) is 8.31. The fraction of sp³-hybridized carbons (Fsp3) is 0.500. The number of aliphatic imine (C=N–C) groups is 2. The summed E-state index contributed by atoms with van der Waals surface area (Å²) in [6, 6.07) is 11.0. The normalized spacial score (nSPS) is 14.2. The van der Waals surface area contributed by atoms with Crippen LogP contribution in [0.3, 0.4) is 0 Å². The number of carbonyl (C=O) groups excluding carboxylic acids is 1. The van der Waals surface area contributed by atoms with Crippen molar-refractivity contribution >= 4 is 52.8 Å². The topological polar surface area (TPSA) is 90.4 Å². The van der Waals surface area contributed by atoms with Gasteiger partial charge in [0, 0.05) is 43.6 Å². The summed E-state index contributed by atoms with van der Waals surface area (Å²) in [5, 5.41) is 9.56. The van der Waals surface area contributed by atoms with Crippen LogP contribution in [0.25, 0.3) is 0 Å². The van der Waals surface area contributed by atoms with Gasteiger partial charge in [0.1, 0.15) is 5.75 Å². The van der Waals surface area contributed by atoms with E-state index in [4.69, 9.17) is 23.8 Å². The number of carbonyl (C=O) groups is 1. The van der Waals surface area contributed by atoms with E-state index in [9.17, 15) is 18.0 Å². The highest BCUT2D eigenvalue weighted by molar-refractivity contribution is 7.80. The molecule has 0 bridgehead atoms. The summed E-state index contributed by atoms with van der Waals surface area (Å²) in [6.07, 6.45) is 2.48. The number of hydrogen-bond donors (Lipinski definition) is 3. The third-order valence-corrected chi connectivity index (χ3v) is 7.37. The molecule has 0 aromatic heterocycles. The molecular formula is C32H44ClF3N6O2S. The molecule has 2 aromatic rings. The maximum atomic E-state index is 12.3. The molecule has 0 radical (unpaired) electrons. The van der Waals surface area contributed by atoms with Crippen LogP contribution in [-0.2, 0) is 0 Å². The van der Waals surface area contributed by atoms with Crippen molar-refractivity contribution in [3.63, 3.8) is 0 Å². The van der Waals surface area contributed by atoms with E-state index >= 15 is 0 Å². The second-order valence-electron chi connectivity index (χ2n) is 10.9. The van der Waals surface area contributed by atoms with Gasteiger partial charge in [-0.25, -0.2) is 9.79 Å². The largest absolute Gasteiger partial charge is 0.573 e. The lowest BCUT2D eigenvalue weighted by molar-refractivity contribution is -0.274. The van der Waals surface area contributed by atoms with Crippen molar-refractivity contribution in [3.05, 3.63) is 58.6 Å². The fourth-order valence-electron chi connectivity index (χ4n) is 4.55. The molecule has 0 spiro atoms. The number of anilines is 1. The fourth-order valence-corrected chi connectivity index (χ4v) is 4.92. The molecule has 3 rings (SSSR count). The molecule has 45 heavy (non-hydrogen) atoms. The highest BCUT2D eigenvalue weighted by atomic mass is 35.5. The summed E-state index contributed by atoms with van der Waals surface area (Å²) < 4.78 is 38.5. The number of nitrogens with zero attached hydrogens (tertiary/aromatic N) is 3. The third kappa shape index (κ3) is 15.0. The van der Waals surface area contributed by atoms with Crippen molar-refractivity contribution in [3.8, 4) is 5.75 Å². The smallest absolute Gasteiger partial charge is 0.406 e. The number of ether oxygens (including phenoxy) is 1. The van der Waals surface area contributed by atoms with Gasteiger partial charge in [0.2, 0.25) is 5.96 Å². The second-order valence-corrected chi connectivity index (χ2v) is 11.8. The van der Waals surface area contributed by atoms with Gasteiger partial charge in [-0.3, -0.25) is 10.3 Å². The molecule has 13 heteroatoms. The standard InChI is InChI=1S/C24H37ClN6OS.C8H7F3O/c1-5-6-12-27-22(26-4)31-14-10-18(11-15-31)9-13-28-23(32)30-24(33)29-21-16-19(25)7-8-20(21)17(2)3;1-6-2-4-7(5-3-6)12-8(9,10)11/h7-8,12,16-18H,5-6,9-11,13-15H2,1-4H3,(H3,28,29,30,32,33);2-5H,1H3/b26-22?,27-12-;. The van der Waals surface area contributed by atoms with Crippen LogP contribution >= 0.6 is 23.8 Å². The number of urea groups is 1. The Balaban J connectivity index is 0.000000490. The minimum atomic E-state index is -4.60. The van der Waals surface area contributed by atoms with Crippen LogP contribution in [0.2, 0.25) is 5.02 Å². The molecule has 1 fully saturated rings. The number of amides is 2. The number of piperidine rings is 1. The van der Waals surface area contributed by atoms with Gasteiger partial charge < -0.3 is 20.3 Å². The van der Waals surface area contributed by atoms with E-state index in [1.165, 1.54) is 12.1 Å². The first-order valence-electron chi connectivity index (χ1n) is 15.0. The summed E-state index contributed by atoms with van der Waals surface area (Å²) in [5.41, 5.74) is 2.79. The summed E-state index contributed by atoms with van der Waals surface area (Å²) >= 11 is 11.4. The first-order chi connectivity index (χ1) is 21.3. The Morgan fingerprint density at radius 3 is 2.42 bits per heavy atom. The van der Waals surface area contributed by atoms with Crippen molar-refractivity contribution in [2.75, 3.05) is 32.0 Å². The van der Waals surface area contributed by atoms with Gasteiger partial charge >= 0.3 is 12.4 Å². The summed E-state index contributed by atoms with van der Waals surface area (Å²) in [4.78, 5) is 23.3. The van der Waals surface area contributed by atoms with E-state index in [1.54, 1.807) is 26.1 Å². The molecule has 248 valence electrons. The monoisotopic (exact) mass is 668 g/mol. The van der Waals surface area contributed by atoms with Crippen LogP contribution < -0.4 is 20.7 Å². The molecule has 1 aliphatic heterocycles. The number of aryl methyl sites for hydroxylation is 1. The number of hydrogen-bond acceptors (Lipinski definition) is 4. The molecule has 0 unspecified atom stereocenters. The molecule has 2 amide bonds. The Bertz CT molecular complexity index is 1280. The molecule has 3 N–H and O–H groups in total. The Morgan fingerprint density at radius 2 is 1.84 bits per heavy atom. The van der Waals surface area contributed by atoms with Crippen molar-refractivity contribution in [2.45, 2.75) is 72.1 Å². The number of likely N-dealkylation sites (tertiary alicyclic amines) is 1. The van der Waals surface area contributed by atoms with Gasteiger partial charge in [-0.1, -0.05) is 62.6 Å². The Labute approximate surface area is 274 Å². The van der Waals surface area contributed by atoms with Crippen molar-refractivity contribution in [2.24, 2.45) is 15.9 Å². The molecule has 1 heterocycles. The van der Waals surface area contributed by atoms with Crippen LogP contribution in [0.1, 0.15) is 69.9 Å². The van der Waals surface area contributed by atoms with E-state index in [-0.39, 0.29) is 16.9 Å². The van der Waals surface area contributed by atoms with E-state index in [2.05, 4.69) is 56.3 Å². The van der Waals surface area contributed by atoms with Crippen LogP contribution in [-0.4, -0.2) is 61.3 Å². The Morgan fingerprint density at radius 1 is 1.18 bits per heavy atom.